The van der Waals surface area contributed by atoms with Gasteiger partial charge in [-0.05, 0) is 37.9 Å². The van der Waals surface area contributed by atoms with Gasteiger partial charge >= 0.3 is 0 Å². The van der Waals surface area contributed by atoms with Gasteiger partial charge in [0, 0.05) is 0 Å². The smallest absolute Gasteiger partial charge is 0.177 e. The Balaban J connectivity index is 2.05. The van der Waals surface area contributed by atoms with Gasteiger partial charge in [-0.25, -0.2) is 0 Å². The fourth-order valence-electron chi connectivity index (χ4n) is 1.63. The number of aromatic nitrogens is 2. The van der Waals surface area contributed by atoms with Crippen LogP contribution in [0.4, 0.5) is 0 Å². The number of rotatable bonds is 2. The van der Waals surface area contributed by atoms with Crippen molar-refractivity contribution in [2.75, 3.05) is 0 Å². The van der Waals surface area contributed by atoms with Gasteiger partial charge in [0.1, 0.15) is 4.93 Å². The first-order valence-electron chi connectivity index (χ1n) is 4.65. The number of aromatic amines is 1. The maximum Gasteiger partial charge on any atom is 0.177 e. The van der Waals surface area contributed by atoms with E-state index in [9.17, 15) is 5.11 Å². The maximum absolute atomic E-state index is 10.2. The van der Waals surface area contributed by atoms with Crippen LogP contribution in [0.25, 0.3) is 0 Å². The monoisotopic (exact) mass is 248 g/mol. The summed E-state index contributed by atoms with van der Waals surface area (Å²) in [5.74, 6) is 0. The van der Waals surface area contributed by atoms with Crippen molar-refractivity contribution >= 4 is 35.3 Å². The van der Waals surface area contributed by atoms with Crippen LogP contribution >= 0.6 is 35.3 Å². The topological polar surface area (TPSA) is 48.9 Å². The Morgan fingerprint density at radius 3 is 2.71 bits per heavy atom. The molecule has 1 aliphatic rings. The average molecular weight is 248 g/mol. The van der Waals surface area contributed by atoms with E-state index >= 15 is 0 Å². The highest BCUT2D eigenvalue weighted by Crippen LogP contribution is 2.42. The van der Waals surface area contributed by atoms with Gasteiger partial charge in [-0.1, -0.05) is 29.5 Å². The van der Waals surface area contributed by atoms with Crippen molar-refractivity contribution in [3.8, 4) is 0 Å². The normalized spacial score (nSPS) is 20.9. The highest BCUT2D eigenvalue weighted by atomic mass is 32.2. The highest BCUT2D eigenvalue weighted by molar-refractivity contribution is 8.02. The number of thioether (sulfide) groups is 1. The molecule has 0 amide bonds. The van der Waals surface area contributed by atoms with Crippen LogP contribution in [-0.2, 0) is 0 Å². The zero-order chi connectivity index (χ0) is 10.0. The van der Waals surface area contributed by atoms with E-state index in [1.54, 1.807) is 0 Å². The molecule has 3 nitrogen and oxygen atoms in total. The summed E-state index contributed by atoms with van der Waals surface area (Å²) in [5, 5.41) is 17.0. The molecule has 1 aliphatic carbocycles. The molecule has 0 radical (unpaired) electrons. The molecule has 14 heavy (non-hydrogen) atoms. The molecule has 0 atom stereocenters. The van der Waals surface area contributed by atoms with Gasteiger partial charge in [0.25, 0.3) is 0 Å². The Labute approximate surface area is 95.9 Å². The Morgan fingerprint density at radius 2 is 2.14 bits per heavy atom. The van der Waals surface area contributed by atoms with Crippen LogP contribution < -0.4 is 0 Å². The Bertz CT molecular complexity index is 353. The van der Waals surface area contributed by atoms with Crippen molar-refractivity contribution in [2.24, 2.45) is 0 Å². The van der Waals surface area contributed by atoms with Crippen LogP contribution in [0.3, 0.4) is 0 Å². The van der Waals surface area contributed by atoms with Crippen LogP contribution in [0, 0.1) is 3.95 Å². The molecule has 1 saturated carbocycles. The predicted octanol–water partition coefficient (Wildman–Crippen LogP) is 2.95. The van der Waals surface area contributed by atoms with Gasteiger partial charge in [-0.15, -0.1) is 0 Å². The van der Waals surface area contributed by atoms with E-state index in [-0.39, 0.29) is 0 Å². The number of hydrogen-bond donors (Lipinski definition) is 2. The molecule has 0 spiro atoms. The molecular weight excluding hydrogens is 236 g/mol. The third-order valence-corrected chi connectivity index (χ3v) is 4.77. The van der Waals surface area contributed by atoms with Crippen molar-refractivity contribution in [2.45, 2.75) is 41.4 Å². The summed E-state index contributed by atoms with van der Waals surface area (Å²) in [6, 6.07) is 0. The molecule has 2 N–H and O–H groups in total. The average Bonchev–Trinajstić information content (AvgIpc) is 2.51. The van der Waals surface area contributed by atoms with Crippen LogP contribution in [0.5, 0.6) is 0 Å². The van der Waals surface area contributed by atoms with Crippen molar-refractivity contribution in [1.82, 2.24) is 10.2 Å². The lowest BCUT2D eigenvalue weighted by Gasteiger charge is -2.29. The zero-order valence-corrected chi connectivity index (χ0v) is 10.1. The number of nitrogens with zero attached hydrogens (tertiary/aromatic N) is 1. The molecule has 2 rings (SSSR count). The van der Waals surface area contributed by atoms with E-state index in [2.05, 4.69) is 10.2 Å². The van der Waals surface area contributed by atoms with Crippen LogP contribution in [0.1, 0.15) is 32.1 Å². The van der Waals surface area contributed by atoms with Crippen LogP contribution in [-0.4, -0.2) is 20.2 Å². The minimum absolute atomic E-state index is 0.605. The predicted molar refractivity (Wildman–Crippen MR) is 61.2 cm³/mol. The molecule has 0 bridgehead atoms. The van der Waals surface area contributed by atoms with Crippen molar-refractivity contribution in [1.29, 1.82) is 0 Å². The third kappa shape index (κ3) is 2.56. The summed E-state index contributed by atoms with van der Waals surface area (Å²) in [7, 11) is 0. The van der Waals surface area contributed by atoms with Crippen molar-refractivity contribution in [3.05, 3.63) is 3.95 Å². The molecule has 1 fully saturated rings. The van der Waals surface area contributed by atoms with Crippen LogP contribution in [0.2, 0.25) is 0 Å². The first-order valence-corrected chi connectivity index (χ1v) is 6.69. The summed E-state index contributed by atoms with van der Waals surface area (Å²) in [4.78, 5) is -0.605. The van der Waals surface area contributed by atoms with Crippen molar-refractivity contribution < 1.29 is 5.11 Å². The number of nitrogens with one attached hydrogen (secondary N) is 1. The van der Waals surface area contributed by atoms with E-state index < -0.39 is 4.93 Å². The van der Waals surface area contributed by atoms with Crippen molar-refractivity contribution in [3.63, 3.8) is 0 Å². The summed E-state index contributed by atoms with van der Waals surface area (Å²) >= 11 is 7.83. The first kappa shape index (κ1) is 10.6. The zero-order valence-electron chi connectivity index (χ0n) is 7.65. The molecule has 1 aromatic heterocycles. The summed E-state index contributed by atoms with van der Waals surface area (Å²) in [5.41, 5.74) is 0. The summed E-state index contributed by atoms with van der Waals surface area (Å²) < 4.78 is 1.52. The standard InChI is InChI=1S/C8H12N2OS3/c11-8(4-2-1-3-5-8)14-7-10-9-6(12)13-7/h11H,1-5H2,(H,9,12). The first-order chi connectivity index (χ1) is 6.68. The summed E-state index contributed by atoms with van der Waals surface area (Å²) in [6.07, 6.45) is 5.19. The van der Waals surface area contributed by atoms with E-state index in [0.29, 0.717) is 3.95 Å². The molecule has 0 aromatic carbocycles. The van der Waals surface area contributed by atoms with E-state index in [4.69, 9.17) is 12.2 Å². The highest BCUT2D eigenvalue weighted by Gasteiger charge is 2.31. The van der Waals surface area contributed by atoms with Gasteiger partial charge < -0.3 is 5.11 Å². The maximum atomic E-state index is 10.2. The number of hydrogen-bond acceptors (Lipinski definition) is 5. The Kier molecular flexibility index (Phi) is 3.26. The van der Waals surface area contributed by atoms with Gasteiger partial charge in [-0.3, -0.25) is 5.10 Å². The number of aliphatic hydroxyl groups is 1. The summed E-state index contributed by atoms with van der Waals surface area (Å²) in [6.45, 7) is 0. The molecule has 78 valence electrons. The molecule has 0 unspecified atom stereocenters. The lowest BCUT2D eigenvalue weighted by Crippen LogP contribution is -2.26. The molecule has 0 aliphatic heterocycles. The Hall–Kier alpha value is 0.0900. The van der Waals surface area contributed by atoms with E-state index in [0.717, 1.165) is 30.0 Å². The van der Waals surface area contributed by atoms with E-state index in [1.807, 2.05) is 0 Å². The lowest BCUT2D eigenvalue weighted by molar-refractivity contribution is 0.0945. The van der Waals surface area contributed by atoms with Gasteiger partial charge in [-0.2, -0.15) is 5.10 Å². The second-order valence-electron chi connectivity index (χ2n) is 3.49. The fourth-order valence-corrected chi connectivity index (χ4v) is 4.20. The lowest BCUT2D eigenvalue weighted by atomic mass is 9.97. The largest absolute Gasteiger partial charge is 0.379 e. The van der Waals surface area contributed by atoms with Gasteiger partial charge in [0.2, 0.25) is 0 Å². The molecule has 1 heterocycles. The van der Waals surface area contributed by atoms with E-state index in [1.165, 1.54) is 29.5 Å². The molecular formula is C8H12N2OS3. The van der Waals surface area contributed by atoms with Crippen LogP contribution in [0.15, 0.2) is 4.34 Å². The van der Waals surface area contributed by atoms with Gasteiger partial charge in [0.05, 0.1) is 0 Å². The SMILES string of the molecule is OC1(Sc2n[nH]c(=S)s2)CCCCC1. The second kappa shape index (κ2) is 4.30. The molecule has 6 heteroatoms. The third-order valence-electron chi connectivity index (χ3n) is 2.33. The molecule has 0 saturated heterocycles. The fraction of sp³-hybridized carbons (Fsp3) is 0.750. The quantitative estimate of drug-likeness (QED) is 0.624. The Morgan fingerprint density at radius 1 is 1.43 bits per heavy atom. The van der Waals surface area contributed by atoms with Gasteiger partial charge in [0.15, 0.2) is 8.29 Å². The number of H-pyrrole nitrogens is 1. The second-order valence-corrected chi connectivity index (χ2v) is 6.76. The minimum Gasteiger partial charge on any atom is -0.379 e. The molecule has 1 aromatic rings. The minimum atomic E-state index is -0.605.